The van der Waals surface area contributed by atoms with E-state index in [1.165, 1.54) is 12.1 Å². The van der Waals surface area contributed by atoms with Gasteiger partial charge in [0, 0.05) is 11.6 Å². The molecule has 0 spiro atoms. The van der Waals surface area contributed by atoms with Crippen molar-refractivity contribution >= 4 is 34.8 Å². The van der Waals surface area contributed by atoms with Crippen molar-refractivity contribution in [3.63, 3.8) is 0 Å². The fourth-order valence-electron chi connectivity index (χ4n) is 2.09. The van der Waals surface area contributed by atoms with E-state index in [9.17, 15) is 9.18 Å². The minimum Gasteiger partial charge on any atom is -0.323 e. The zero-order chi connectivity index (χ0) is 17.0. The lowest BCUT2D eigenvalue weighted by atomic mass is 10.2. The van der Waals surface area contributed by atoms with Crippen LogP contribution >= 0.6 is 23.2 Å². The molecule has 1 atom stereocenters. The Morgan fingerprint density at radius 2 is 2.00 bits per heavy atom. The van der Waals surface area contributed by atoms with E-state index in [1.807, 2.05) is 30.1 Å². The number of carbonyl (C=O) groups is 1. The Morgan fingerprint density at radius 3 is 2.65 bits per heavy atom. The predicted octanol–water partition coefficient (Wildman–Crippen LogP) is 4.59. The van der Waals surface area contributed by atoms with Gasteiger partial charge in [0.1, 0.15) is 5.82 Å². The smallest absolute Gasteiger partial charge is 0.241 e. The fourth-order valence-corrected chi connectivity index (χ4v) is 2.52. The summed E-state index contributed by atoms with van der Waals surface area (Å²) in [6.45, 7) is 2.36. The number of hydrogen-bond acceptors (Lipinski definition) is 2. The van der Waals surface area contributed by atoms with Crippen LogP contribution in [0.25, 0.3) is 0 Å². The van der Waals surface area contributed by atoms with E-state index in [1.54, 1.807) is 13.0 Å². The molecule has 0 aliphatic rings. The van der Waals surface area contributed by atoms with Crippen molar-refractivity contribution in [2.24, 2.45) is 0 Å². The molecule has 0 bridgehead atoms. The summed E-state index contributed by atoms with van der Waals surface area (Å²) >= 11 is 11.9. The highest BCUT2D eigenvalue weighted by molar-refractivity contribution is 6.33. The minimum atomic E-state index is -0.445. The lowest BCUT2D eigenvalue weighted by Crippen LogP contribution is -2.39. The Balaban J connectivity index is 2.01. The highest BCUT2D eigenvalue weighted by Crippen LogP contribution is 2.23. The van der Waals surface area contributed by atoms with E-state index in [4.69, 9.17) is 23.2 Å². The van der Waals surface area contributed by atoms with Crippen LogP contribution in [0.15, 0.2) is 42.5 Å². The molecule has 1 amide bonds. The molecule has 0 aliphatic carbocycles. The average molecular weight is 355 g/mol. The van der Waals surface area contributed by atoms with Gasteiger partial charge in [0.2, 0.25) is 5.91 Å². The molecule has 2 aromatic carbocycles. The van der Waals surface area contributed by atoms with Gasteiger partial charge in [0.15, 0.2) is 0 Å². The topological polar surface area (TPSA) is 32.3 Å². The molecule has 122 valence electrons. The molecule has 3 nitrogen and oxygen atoms in total. The van der Waals surface area contributed by atoms with E-state index in [0.29, 0.717) is 17.3 Å². The zero-order valence-corrected chi connectivity index (χ0v) is 14.3. The molecule has 0 saturated heterocycles. The van der Waals surface area contributed by atoms with Crippen molar-refractivity contribution in [3.05, 3.63) is 63.9 Å². The minimum absolute atomic E-state index is 0.169. The second kappa shape index (κ2) is 7.77. The molecule has 0 heterocycles. The second-order valence-corrected chi connectivity index (χ2v) is 6.18. The molecule has 2 aromatic rings. The van der Waals surface area contributed by atoms with Crippen LogP contribution in [0, 0.1) is 5.82 Å². The first kappa shape index (κ1) is 17.7. The monoisotopic (exact) mass is 354 g/mol. The summed E-state index contributed by atoms with van der Waals surface area (Å²) in [6.07, 6.45) is 0. The first-order chi connectivity index (χ1) is 10.9. The molecular formula is C17H17Cl2FN2O. The summed E-state index contributed by atoms with van der Waals surface area (Å²) in [4.78, 5) is 14.2. The maximum Gasteiger partial charge on any atom is 0.241 e. The number of benzene rings is 2. The largest absolute Gasteiger partial charge is 0.323 e. The highest BCUT2D eigenvalue weighted by atomic mass is 35.5. The Morgan fingerprint density at radius 1 is 1.26 bits per heavy atom. The van der Waals surface area contributed by atoms with Crippen molar-refractivity contribution in [1.29, 1.82) is 0 Å². The Hall–Kier alpha value is -1.62. The van der Waals surface area contributed by atoms with Gasteiger partial charge in [-0.25, -0.2) is 4.39 Å². The van der Waals surface area contributed by atoms with Crippen molar-refractivity contribution in [1.82, 2.24) is 4.90 Å². The number of nitrogens with zero attached hydrogens (tertiary/aromatic N) is 1. The molecule has 0 aliphatic heterocycles. The second-order valence-electron chi connectivity index (χ2n) is 5.33. The third kappa shape index (κ3) is 4.93. The predicted molar refractivity (Wildman–Crippen MR) is 92.4 cm³/mol. The molecule has 1 N–H and O–H groups in total. The Kier molecular flexibility index (Phi) is 5.99. The van der Waals surface area contributed by atoms with Gasteiger partial charge >= 0.3 is 0 Å². The SMILES string of the molecule is C[C@@H](C(=O)Nc1ccc(F)cc1Cl)N(C)Cc1cccc(Cl)c1. The molecule has 0 fully saturated rings. The van der Waals surface area contributed by atoms with Crippen LogP contribution in [0.3, 0.4) is 0 Å². The van der Waals surface area contributed by atoms with Crippen LogP contribution in [0.2, 0.25) is 10.0 Å². The van der Waals surface area contributed by atoms with Crippen molar-refractivity contribution in [3.8, 4) is 0 Å². The number of carbonyl (C=O) groups excluding carboxylic acids is 1. The van der Waals surface area contributed by atoms with Crippen LogP contribution in [0.4, 0.5) is 10.1 Å². The third-order valence-electron chi connectivity index (χ3n) is 3.55. The molecule has 0 aromatic heterocycles. The summed E-state index contributed by atoms with van der Waals surface area (Å²) in [6, 6.07) is 10.9. The highest BCUT2D eigenvalue weighted by Gasteiger charge is 2.19. The van der Waals surface area contributed by atoms with Crippen LogP contribution in [0.1, 0.15) is 12.5 Å². The quantitative estimate of drug-likeness (QED) is 0.851. The molecule has 23 heavy (non-hydrogen) atoms. The van der Waals surface area contributed by atoms with Crippen molar-refractivity contribution in [2.75, 3.05) is 12.4 Å². The maximum atomic E-state index is 13.0. The van der Waals surface area contributed by atoms with Crippen LogP contribution < -0.4 is 5.32 Å². The number of amides is 1. The standard InChI is InChI=1S/C17H17Cl2FN2O/c1-11(22(2)10-12-4-3-5-13(18)8-12)17(23)21-16-7-6-14(20)9-15(16)19/h3-9,11H,10H2,1-2H3,(H,21,23)/t11-/m0/s1. The number of likely N-dealkylation sites (N-methyl/N-ethyl adjacent to an activating group) is 1. The molecule has 0 unspecified atom stereocenters. The van der Waals surface area contributed by atoms with E-state index in [0.717, 1.165) is 11.6 Å². The van der Waals surface area contributed by atoms with E-state index < -0.39 is 11.9 Å². The molecule has 2 rings (SSSR count). The summed E-state index contributed by atoms with van der Waals surface area (Å²) in [5.41, 5.74) is 1.40. The molecule has 6 heteroatoms. The molecule has 0 radical (unpaired) electrons. The van der Waals surface area contributed by atoms with Crippen LogP contribution in [-0.4, -0.2) is 23.9 Å². The Bertz CT molecular complexity index is 709. The average Bonchev–Trinajstić information content (AvgIpc) is 2.49. The third-order valence-corrected chi connectivity index (χ3v) is 4.10. The number of hydrogen-bond donors (Lipinski definition) is 1. The normalized spacial score (nSPS) is 12.3. The fraction of sp³-hybridized carbons (Fsp3) is 0.235. The van der Waals surface area contributed by atoms with Gasteiger partial charge in [-0.1, -0.05) is 35.3 Å². The van der Waals surface area contributed by atoms with Crippen LogP contribution in [-0.2, 0) is 11.3 Å². The van der Waals surface area contributed by atoms with Crippen molar-refractivity contribution in [2.45, 2.75) is 19.5 Å². The van der Waals surface area contributed by atoms with Gasteiger partial charge in [-0.05, 0) is 49.9 Å². The molecular weight excluding hydrogens is 338 g/mol. The first-order valence-corrected chi connectivity index (χ1v) is 7.83. The first-order valence-electron chi connectivity index (χ1n) is 7.07. The van der Waals surface area contributed by atoms with Gasteiger partial charge in [0.05, 0.1) is 16.8 Å². The zero-order valence-electron chi connectivity index (χ0n) is 12.8. The van der Waals surface area contributed by atoms with E-state index in [-0.39, 0.29) is 10.9 Å². The lowest BCUT2D eigenvalue weighted by Gasteiger charge is -2.24. The summed E-state index contributed by atoms with van der Waals surface area (Å²) in [5, 5.41) is 3.54. The van der Waals surface area contributed by atoms with Crippen molar-refractivity contribution < 1.29 is 9.18 Å². The van der Waals surface area contributed by atoms with E-state index >= 15 is 0 Å². The van der Waals surface area contributed by atoms with Crippen LogP contribution in [0.5, 0.6) is 0 Å². The number of halogens is 3. The van der Waals surface area contributed by atoms with Gasteiger partial charge in [-0.2, -0.15) is 0 Å². The van der Waals surface area contributed by atoms with Gasteiger partial charge in [-0.3, -0.25) is 9.69 Å². The summed E-state index contributed by atoms with van der Waals surface area (Å²) in [7, 11) is 1.84. The van der Waals surface area contributed by atoms with E-state index in [2.05, 4.69) is 5.32 Å². The lowest BCUT2D eigenvalue weighted by molar-refractivity contribution is -0.120. The molecule has 0 saturated carbocycles. The van der Waals surface area contributed by atoms with Gasteiger partial charge in [0.25, 0.3) is 0 Å². The number of anilines is 1. The van der Waals surface area contributed by atoms with Gasteiger partial charge < -0.3 is 5.32 Å². The Labute approximate surface area is 145 Å². The number of nitrogens with one attached hydrogen (secondary N) is 1. The number of rotatable bonds is 5. The summed E-state index contributed by atoms with van der Waals surface area (Å²) in [5.74, 6) is -0.665. The maximum absolute atomic E-state index is 13.0. The van der Waals surface area contributed by atoms with Gasteiger partial charge in [-0.15, -0.1) is 0 Å². The summed E-state index contributed by atoms with van der Waals surface area (Å²) < 4.78 is 13.0.